The van der Waals surface area contributed by atoms with Crippen LogP contribution < -0.4 is 5.32 Å². The zero-order chi connectivity index (χ0) is 16.4. The Morgan fingerprint density at radius 2 is 2.22 bits per heavy atom. The van der Waals surface area contributed by atoms with Gasteiger partial charge in [-0.15, -0.1) is 0 Å². The molecule has 124 valence electrons. The minimum Gasteiger partial charge on any atom is -0.488 e. The summed E-state index contributed by atoms with van der Waals surface area (Å²) in [5.41, 5.74) is 0.981. The summed E-state index contributed by atoms with van der Waals surface area (Å²) in [6.07, 6.45) is 7.32. The van der Waals surface area contributed by atoms with E-state index in [2.05, 4.69) is 10.4 Å². The maximum atomic E-state index is 12.6. The van der Waals surface area contributed by atoms with E-state index in [4.69, 9.17) is 4.74 Å². The Balaban J connectivity index is 1.81. The first-order valence-corrected chi connectivity index (χ1v) is 7.92. The Hall–Kier alpha value is -2.31. The lowest BCUT2D eigenvalue weighted by Gasteiger charge is -2.20. The van der Waals surface area contributed by atoms with Crippen molar-refractivity contribution in [2.24, 2.45) is 13.0 Å². The number of likely N-dealkylation sites (tertiary alicyclic amines) is 1. The lowest BCUT2D eigenvalue weighted by Crippen LogP contribution is -2.34. The van der Waals surface area contributed by atoms with E-state index in [1.807, 2.05) is 19.3 Å². The van der Waals surface area contributed by atoms with Gasteiger partial charge in [0.15, 0.2) is 5.76 Å². The van der Waals surface area contributed by atoms with Gasteiger partial charge in [0, 0.05) is 39.3 Å². The lowest BCUT2D eigenvalue weighted by atomic mass is 9.90. The van der Waals surface area contributed by atoms with Gasteiger partial charge < -0.3 is 15.0 Å². The molecule has 0 radical (unpaired) electrons. The van der Waals surface area contributed by atoms with Crippen LogP contribution in [0.3, 0.4) is 0 Å². The van der Waals surface area contributed by atoms with E-state index in [0.717, 1.165) is 18.4 Å². The molecule has 0 bridgehead atoms. The summed E-state index contributed by atoms with van der Waals surface area (Å²) in [6, 6.07) is 0. The monoisotopic (exact) mass is 318 g/mol. The molecule has 0 spiro atoms. The van der Waals surface area contributed by atoms with Crippen LogP contribution in [-0.2, 0) is 21.4 Å². The highest BCUT2D eigenvalue weighted by Crippen LogP contribution is 2.33. The molecule has 3 rings (SSSR count). The number of amides is 2. The van der Waals surface area contributed by atoms with E-state index in [-0.39, 0.29) is 23.7 Å². The Labute approximate surface area is 135 Å². The summed E-state index contributed by atoms with van der Waals surface area (Å²) in [7, 11) is 3.47. The predicted molar refractivity (Wildman–Crippen MR) is 83.4 cm³/mol. The lowest BCUT2D eigenvalue weighted by molar-refractivity contribution is -0.130. The summed E-state index contributed by atoms with van der Waals surface area (Å²) in [6.45, 7) is 1.48. The summed E-state index contributed by atoms with van der Waals surface area (Å²) in [5.74, 6) is -0.0643. The molecule has 7 nitrogen and oxygen atoms in total. The van der Waals surface area contributed by atoms with E-state index in [1.54, 1.807) is 22.8 Å². The van der Waals surface area contributed by atoms with Crippen LogP contribution in [0, 0.1) is 5.92 Å². The van der Waals surface area contributed by atoms with Gasteiger partial charge in [-0.1, -0.05) is 0 Å². The molecule has 23 heavy (non-hydrogen) atoms. The van der Waals surface area contributed by atoms with Gasteiger partial charge in [0.05, 0.1) is 18.7 Å². The van der Waals surface area contributed by atoms with Crippen LogP contribution in [0.5, 0.6) is 0 Å². The van der Waals surface area contributed by atoms with E-state index in [0.29, 0.717) is 25.5 Å². The number of carbonyl (C=O) groups is 2. The minimum atomic E-state index is -0.266. The number of ether oxygens (including phenoxy) is 1. The van der Waals surface area contributed by atoms with Crippen molar-refractivity contribution in [1.82, 2.24) is 20.0 Å². The van der Waals surface area contributed by atoms with Crippen LogP contribution in [0.1, 0.15) is 24.3 Å². The second-order valence-electron chi connectivity index (χ2n) is 6.04. The smallest absolute Gasteiger partial charge is 0.288 e. The van der Waals surface area contributed by atoms with E-state index in [1.165, 1.54) is 0 Å². The number of rotatable bonds is 3. The fourth-order valence-electron chi connectivity index (χ4n) is 3.25. The van der Waals surface area contributed by atoms with Crippen molar-refractivity contribution >= 4 is 11.8 Å². The average molecular weight is 318 g/mol. The minimum absolute atomic E-state index is 0.0446. The van der Waals surface area contributed by atoms with Crippen LogP contribution in [-0.4, -0.2) is 53.2 Å². The zero-order valence-corrected chi connectivity index (χ0v) is 13.5. The standard InChI is InChI=1S/C16H22N4O3/c1-17-15(21)13-10-20(16(22)14-5-3-4-6-23-14)9-12(13)11-7-18-19(2)8-11/h5,7-8,12-13H,3-4,6,9-10H2,1-2H3,(H,17,21)/t12-,13+/m1/s1. The largest absolute Gasteiger partial charge is 0.488 e. The fraction of sp³-hybridized carbons (Fsp3) is 0.562. The SMILES string of the molecule is CNC(=O)[C@H]1CN(C(=O)C2=CCCCO2)C[C@@H]1c1cnn(C)c1. The highest BCUT2D eigenvalue weighted by atomic mass is 16.5. The highest BCUT2D eigenvalue weighted by molar-refractivity contribution is 5.93. The summed E-state index contributed by atoms with van der Waals surface area (Å²) < 4.78 is 7.19. The molecule has 1 aromatic heterocycles. The average Bonchev–Trinajstić information content (AvgIpc) is 3.20. The molecule has 2 amide bonds. The van der Waals surface area contributed by atoms with E-state index >= 15 is 0 Å². The number of allylic oxidation sites excluding steroid dienone is 1. The van der Waals surface area contributed by atoms with Gasteiger partial charge in [-0.3, -0.25) is 14.3 Å². The Kier molecular flexibility index (Phi) is 4.36. The third-order valence-electron chi connectivity index (χ3n) is 4.49. The van der Waals surface area contributed by atoms with Crippen molar-refractivity contribution in [2.45, 2.75) is 18.8 Å². The molecule has 0 saturated carbocycles. The summed E-state index contributed by atoms with van der Waals surface area (Å²) >= 11 is 0. The molecular formula is C16H22N4O3. The Morgan fingerprint density at radius 3 is 2.83 bits per heavy atom. The van der Waals surface area contributed by atoms with Gasteiger partial charge in [0.1, 0.15) is 0 Å². The number of hydrogen-bond acceptors (Lipinski definition) is 4. The number of nitrogens with zero attached hydrogens (tertiary/aromatic N) is 3. The van der Waals surface area contributed by atoms with Crippen molar-refractivity contribution in [3.05, 3.63) is 29.8 Å². The van der Waals surface area contributed by atoms with Gasteiger partial charge in [-0.05, 0) is 24.5 Å². The molecule has 0 unspecified atom stereocenters. The third-order valence-corrected chi connectivity index (χ3v) is 4.49. The second kappa shape index (κ2) is 6.44. The third kappa shape index (κ3) is 3.09. The number of hydrogen-bond donors (Lipinski definition) is 1. The molecular weight excluding hydrogens is 296 g/mol. The molecule has 1 N–H and O–H groups in total. The van der Waals surface area contributed by atoms with E-state index < -0.39 is 0 Å². The van der Waals surface area contributed by atoms with E-state index in [9.17, 15) is 9.59 Å². The van der Waals surface area contributed by atoms with Gasteiger partial charge in [-0.25, -0.2) is 0 Å². The number of aromatic nitrogens is 2. The summed E-state index contributed by atoms with van der Waals surface area (Å²) in [4.78, 5) is 26.6. The van der Waals surface area contributed by atoms with Crippen LogP contribution in [0.4, 0.5) is 0 Å². The summed E-state index contributed by atoms with van der Waals surface area (Å²) in [5, 5.41) is 6.89. The van der Waals surface area contributed by atoms with Gasteiger partial charge in [0.25, 0.3) is 5.91 Å². The van der Waals surface area contributed by atoms with Gasteiger partial charge in [-0.2, -0.15) is 5.10 Å². The van der Waals surface area contributed by atoms with Crippen LogP contribution in [0.15, 0.2) is 24.2 Å². The molecule has 7 heteroatoms. The molecule has 2 atom stereocenters. The van der Waals surface area contributed by atoms with Crippen LogP contribution in [0.2, 0.25) is 0 Å². The van der Waals surface area contributed by atoms with Crippen LogP contribution >= 0.6 is 0 Å². The normalized spacial score (nSPS) is 24.1. The first-order chi connectivity index (χ1) is 11.1. The van der Waals surface area contributed by atoms with Crippen molar-refractivity contribution in [3.63, 3.8) is 0 Å². The molecule has 0 aromatic carbocycles. The fourth-order valence-corrected chi connectivity index (χ4v) is 3.25. The van der Waals surface area contributed by atoms with Crippen molar-refractivity contribution < 1.29 is 14.3 Å². The number of nitrogens with one attached hydrogen (secondary N) is 1. The predicted octanol–water partition coefficient (Wildman–Crippen LogP) is 0.402. The van der Waals surface area contributed by atoms with Crippen molar-refractivity contribution in [1.29, 1.82) is 0 Å². The number of carbonyl (C=O) groups excluding carboxylic acids is 2. The first kappa shape index (κ1) is 15.6. The molecule has 1 fully saturated rings. The van der Waals surface area contributed by atoms with Crippen molar-refractivity contribution in [2.75, 3.05) is 26.7 Å². The maximum Gasteiger partial charge on any atom is 0.288 e. The van der Waals surface area contributed by atoms with Gasteiger partial charge >= 0.3 is 0 Å². The van der Waals surface area contributed by atoms with Crippen molar-refractivity contribution in [3.8, 4) is 0 Å². The number of aryl methyl sites for hydroxylation is 1. The first-order valence-electron chi connectivity index (χ1n) is 7.92. The maximum absolute atomic E-state index is 12.6. The quantitative estimate of drug-likeness (QED) is 0.875. The molecule has 1 saturated heterocycles. The zero-order valence-electron chi connectivity index (χ0n) is 13.5. The topological polar surface area (TPSA) is 76.5 Å². The van der Waals surface area contributed by atoms with Gasteiger partial charge in [0.2, 0.25) is 5.91 Å². The molecule has 3 heterocycles. The molecule has 2 aliphatic rings. The molecule has 2 aliphatic heterocycles. The molecule has 1 aromatic rings. The second-order valence-corrected chi connectivity index (χ2v) is 6.04. The molecule has 0 aliphatic carbocycles. The highest BCUT2D eigenvalue weighted by Gasteiger charge is 2.41. The Morgan fingerprint density at radius 1 is 1.39 bits per heavy atom. The van der Waals surface area contributed by atoms with Crippen LogP contribution in [0.25, 0.3) is 0 Å². The Bertz CT molecular complexity index is 637.